The monoisotopic (exact) mass is 912 g/mol. The molecule has 3 aromatic heterocycles. The Kier molecular flexibility index (Phi) is 9.32. The van der Waals surface area contributed by atoms with E-state index in [1.165, 1.54) is 56.7 Å². The van der Waals surface area contributed by atoms with E-state index in [1.54, 1.807) is 23.5 Å². The number of thiophene rings is 1. The summed E-state index contributed by atoms with van der Waals surface area (Å²) in [5, 5.41) is 4.82. The molecule has 9 rings (SSSR count). The van der Waals surface area contributed by atoms with E-state index in [1.807, 2.05) is 0 Å². The van der Waals surface area contributed by atoms with Crippen LogP contribution in [0.15, 0.2) is 164 Å². The maximum atomic E-state index is 7.28. The Labute approximate surface area is 349 Å². The third-order valence-electron chi connectivity index (χ3n) is 9.47. The molecule has 0 amide bonds. The van der Waals surface area contributed by atoms with Gasteiger partial charge < -0.3 is 9.55 Å². The SMILES string of the molecule is C/C=C(/C)c1ccc2s[c-]c(-c3nc4ccccc4n3-c3c(-c4ccccc4)cccc3-c3ccccc3)c2c1.[2H]C([2H])([2H])c1c[c-]c(-c2ccc(C([2H])([2H])[2H])cn2)cc1.[Ir]. The summed E-state index contributed by atoms with van der Waals surface area (Å²) in [7, 11) is 0. The first-order valence-electron chi connectivity index (χ1n) is 20.7. The summed E-state index contributed by atoms with van der Waals surface area (Å²) >= 11 is 1.65. The second-order valence-electron chi connectivity index (χ2n) is 12.9. The molecule has 0 saturated heterocycles. The van der Waals surface area contributed by atoms with Crippen molar-refractivity contribution in [2.24, 2.45) is 0 Å². The van der Waals surface area contributed by atoms with E-state index >= 15 is 0 Å². The van der Waals surface area contributed by atoms with Crippen LogP contribution in [0.3, 0.4) is 0 Å². The Morgan fingerprint density at radius 1 is 0.745 bits per heavy atom. The van der Waals surface area contributed by atoms with E-state index in [0.717, 1.165) is 39.2 Å². The molecule has 0 saturated carbocycles. The molecule has 0 spiro atoms. The van der Waals surface area contributed by atoms with Crippen molar-refractivity contribution in [2.75, 3.05) is 0 Å². The molecule has 0 fully saturated rings. The Morgan fingerprint density at radius 3 is 2.07 bits per heavy atom. The average molecular weight is 912 g/mol. The molecular weight excluding hydrogens is 867 g/mol. The predicted octanol–water partition coefficient (Wildman–Crippen LogP) is 13.6. The Bertz CT molecular complexity index is 2840. The van der Waals surface area contributed by atoms with Crippen LogP contribution in [-0.4, -0.2) is 14.5 Å². The number of pyridine rings is 1. The molecule has 0 aliphatic rings. The Balaban J connectivity index is 0.000000226. The first-order valence-corrected chi connectivity index (χ1v) is 18.5. The summed E-state index contributed by atoms with van der Waals surface area (Å²) in [5.41, 5.74) is 12.9. The Hall–Kier alpha value is -5.71. The number of para-hydroxylation sites is 3. The van der Waals surface area contributed by atoms with Gasteiger partial charge in [0.1, 0.15) is 0 Å². The van der Waals surface area contributed by atoms with Crippen molar-refractivity contribution >= 4 is 38.0 Å². The number of allylic oxidation sites excluding steroid dienone is 2. The van der Waals surface area contributed by atoms with Crippen LogP contribution >= 0.6 is 11.3 Å². The maximum absolute atomic E-state index is 7.28. The summed E-state index contributed by atoms with van der Waals surface area (Å²) < 4.78 is 47.2. The number of hydrogen-bond donors (Lipinski definition) is 0. The fourth-order valence-electron chi connectivity index (χ4n) is 6.60. The molecule has 271 valence electrons. The average Bonchev–Trinajstić information content (AvgIpc) is 3.87. The molecule has 0 bridgehead atoms. The first-order chi connectivity index (χ1) is 28.9. The second kappa shape index (κ2) is 16.8. The predicted molar refractivity (Wildman–Crippen MR) is 229 cm³/mol. The van der Waals surface area contributed by atoms with Gasteiger partial charge >= 0.3 is 0 Å². The van der Waals surface area contributed by atoms with Crippen molar-refractivity contribution in [1.29, 1.82) is 0 Å². The van der Waals surface area contributed by atoms with E-state index in [4.69, 9.17) is 13.2 Å². The molecule has 5 heteroatoms. The zero-order chi connectivity index (χ0) is 42.0. The number of hydrogen-bond acceptors (Lipinski definition) is 3. The van der Waals surface area contributed by atoms with Gasteiger partial charge in [0, 0.05) is 45.7 Å². The molecule has 55 heavy (non-hydrogen) atoms. The van der Waals surface area contributed by atoms with Gasteiger partial charge in [0.25, 0.3) is 0 Å². The smallest absolute Gasteiger partial charge is 0.0774 e. The molecule has 0 atom stereocenters. The summed E-state index contributed by atoms with van der Waals surface area (Å²) in [4.78, 5) is 9.35. The molecule has 9 aromatic rings. The van der Waals surface area contributed by atoms with Crippen LogP contribution in [0.25, 0.3) is 77.3 Å². The number of imidazole rings is 1. The summed E-state index contributed by atoms with van der Waals surface area (Å²) in [5.74, 6) is 0.906. The first kappa shape index (κ1) is 30.6. The summed E-state index contributed by atoms with van der Waals surface area (Å²) in [6.45, 7) is -0.0897. The molecular formula is C50H39IrN3S-2. The van der Waals surface area contributed by atoms with E-state index in [0.29, 0.717) is 11.3 Å². The van der Waals surface area contributed by atoms with Gasteiger partial charge in [0.15, 0.2) is 0 Å². The molecule has 1 radical (unpaired) electrons. The van der Waals surface area contributed by atoms with Gasteiger partial charge in [0.05, 0.1) is 22.5 Å². The van der Waals surface area contributed by atoms with Crippen LogP contribution < -0.4 is 0 Å². The normalized spacial score (nSPS) is 13.3. The van der Waals surface area contributed by atoms with Crippen molar-refractivity contribution in [3.8, 4) is 50.6 Å². The van der Waals surface area contributed by atoms with E-state index in [9.17, 15) is 0 Å². The molecule has 6 aromatic carbocycles. The van der Waals surface area contributed by atoms with Crippen LogP contribution in [0, 0.1) is 25.2 Å². The van der Waals surface area contributed by atoms with E-state index in [2.05, 4.69) is 162 Å². The molecule has 0 N–H and O–H groups in total. The third kappa shape index (κ3) is 7.78. The minimum absolute atomic E-state index is 0. The maximum Gasteiger partial charge on any atom is 0.0774 e. The van der Waals surface area contributed by atoms with Crippen LogP contribution in [0.2, 0.25) is 0 Å². The van der Waals surface area contributed by atoms with Gasteiger partial charge in [-0.2, -0.15) is 0 Å². The summed E-state index contributed by atoms with van der Waals surface area (Å²) in [6.07, 6.45) is 3.46. The van der Waals surface area contributed by atoms with Crippen LogP contribution in [0.5, 0.6) is 0 Å². The van der Waals surface area contributed by atoms with Crippen LogP contribution in [0.4, 0.5) is 0 Å². The largest absolute Gasteiger partial charge is 0.332 e. The van der Waals surface area contributed by atoms with Crippen molar-refractivity contribution in [2.45, 2.75) is 27.6 Å². The van der Waals surface area contributed by atoms with E-state index in [-0.39, 0.29) is 31.2 Å². The number of aromatic nitrogens is 3. The Morgan fingerprint density at radius 2 is 1.44 bits per heavy atom. The molecule has 3 heterocycles. The second-order valence-corrected chi connectivity index (χ2v) is 13.7. The van der Waals surface area contributed by atoms with Crippen LogP contribution in [-0.2, 0) is 20.1 Å². The van der Waals surface area contributed by atoms with Crippen LogP contribution in [0.1, 0.15) is 38.8 Å². The zero-order valence-electron chi connectivity index (χ0n) is 36.2. The molecule has 0 unspecified atom stereocenters. The standard InChI is InChI=1S/C37H27N2S.C13H12N.Ir/c1-3-25(2)28-21-22-35-31(23-28)32(24-40-35)37-38-33-19-10-11-20-34(33)39(37)36-29(26-13-6-4-7-14-26)17-12-18-30(36)27-15-8-5-9-16-27;1-10-3-6-12(7-4-10)13-8-5-11(2)9-14-13;/h3-23H,1-2H3;3-6,8-9H,1-2H3;/q2*-1;/b25-3-;;/i;1D3,2D3;. The van der Waals surface area contributed by atoms with Gasteiger partial charge in [-0.15, -0.1) is 40.8 Å². The number of benzene rings is 6. The van der Waals surface area contributed by atoms with Crippen molar-refractivity contribution in [3.63, 3.8) is 0 Å². The molecule has 0 aliphatic heterocycles. The van der Waals surface area contributed by atoms with Crippen molar-refractivity contribution < 1.29 is 28.3 Å². The number of aryl methyl sites for hydroxylation is 2. The minimum atomic E-state index is -2.18. The van der Waals surface area contributed by atoms with Gasteiger partial charge in [-0.3, -0.25) is 16.3 Å². The molecule has 3 nitrogen and oxygen atoms in total. The van der Waals surface area contributed by atoms with Gasteiger partial charge in [-0.1, -0.05) is 150 Å². The quantitative estimate of drug-likeness (QED) is 0.156. The fraction of sp³-hybridized carbons (Fsp3) is 0.0800. The minimum Gasteiger partial charge on any atom is -0.332 e. The van der Waals surface area contributed by atoms with Gasteiger partial charge in [0.2, 0.25) is 0 Å². The van der Waals surface area contributed by atoms with Crippen molar-refractivity contribution in [1.82, 2.24) is 14.5 Å². The summed E-state index contributed by atoms with van der Waals surface area (Å²) in [6, 6.07) is 53.5. The third-order valence-corrected chi connectivity index (χ3v) is 10.3. The zero-order valence-corrected chi connectivity index (χ0v) is 33.4. The van der Waals surface area contributed by atoms with Gasteiger partial charge in [-0.05, 0) is 66.4 Å². The number of fused-ring (bicyclic) bond motifs is 2. The van der Waals surface area contributed by atoms with Gasteiger partial charge in [-0.25, -0.2) is 0 Å². The number of rotatable bonds is 6. The fourth-order valence-corrected chi connectivity index (χ4v) is 7.42. The van der Waals surface area contributed by atoms with Crippen molar-refractivity contribution in [3.05, 3.63) is 192 Å². The topological polar surface area (TPSA) is 30.7 Å². The number of nitrogens with zero attached hydrogens (tertiary/aromatic N) is 3. The molecule has 0 aliphatic carbocycles. The van der Waals surface area contributed by atoms with E-state index < -0.39 is 13.7 Å².